The van der Waals surface area contributed by atoms with Crippen LogP contribution in [0.4, 0.5) is 0 Å². The van der Waals surface area contributed by atoms with Crippen molar-refractivity contribution in [3.05, 3.63) is 108 Å². The van der Waals surface area contributed by atoms with Crippen LogP contribution in [0, 0.1) is 0 Å². The molecule has 1 aliphatic rings. The quantitative estimate of drug-likeness (QED) is 0.515. The van der Waals surface area contributed by atoms with E-state index in [4.69, 9.17) is 0 Å². The maximum atomic E-state index is 9.81. The third kappa shape index (κ3) is 3.26. The Balaban J connectivity index is 1.78. The van der Waals surface area contributed by atoms with Crippen LogP contribution in [-0.2, 0) is 0 Å². The molecule has 0 bridgehead atoms. The van der Waals surface area contributed by atoms with Gasteiger partial charge in [0.15, 0.2) is 0 Å². The average Bonchev–Trinajstić information content (AvgIpc) is 2.74. The van der Waals surface area contributed by atoms with Crippen LogP contribution in [0.2, 0.25) is 0 Å². The van der Waals surface area contributed by atoms with Crippen molar-refractivity contribution in [3.8, 4) is 0 Å². The Kier molecular flexibility index (Phi) is 4.80. The van der Waals surface area contributed by atoms with Gasteiger partial charge in [-0.3, -0.25) is 0 Å². The second-order valence-corrected chi connectivity index (χ2v) is 6.70. The van der Waals surface area contributed by atoms with Gasteiger partial charge in [-0.2, -0.15) is 0 Å². The summed E-state index contributed by atoms with van der Waals surface area (Å²) < 4.78 is 0. The van der Waals surface area contributed by atoms with Crippen LogP contribution in [0.25, 0.3) is 0 Å². The minimum atomic E-state index is 0.00330. The van der Waals surface area contributed by atoms with Gasteiger partial charge in [-0.25, -0.2) is 0 Å². The summed E-state index contributed by atoms with van der Waals surface area (Å²) in [6, 6.07) is 31.2. The zero-order valence-corrected chi connectivity index (χ0v) is 14.5. The molecule has 3 heteroatoms. The minimum absolute atomic E-state index is 0.00330. The molecule has 4 rings (SSSR count). The summed E-state index contributed by atoms with van der Waals surface area (Å²) in [5.74, 6) is 0.00330. The van der Waals surface area contributed by atoms with Crippen molar-refractivity contribution in [3.63, 3.8) is 0 Å². The predicted molar refractivity (Wildman–Crippen MR) is 105 cm³/mol. The van der Waals surface area contributed by atoms with E-state index in [-0.39, 0.29) is 18.0 Å². The molecule has 2 N–H and O–H groups in total. The van der Waals surface area contributed by atoms with E-state index in [0.717, 1.165) is 11.3 Å². The van der Waals surface area contributed by atoms with E-state index >= 15 is 0 Å². The first kappa shape index (κ1) is 16.6. The van der Waals surface area contributed by atoms with Crippen molar-refractivity contribution in [2.45, 2.75) is 24.4 Å². The second kappa shape index (κ2) is 7.54. The van der Waals surface area contributed by atoms with Gasteiger partial charge >= 0.3 is 0 Å². The van der Waals surface area contributed by atoms with E-state index in [0.29, 0.717) is 6.42 Å². The van der Waals surface area contributed by atoms with Crippen molar-refractivity contribution in [1.82, 2.24) is 5.32 Å². The Morgan fingerprint density at radius 1 is 0.692 bits per heavy atom. The molecule has 1 saturated heterocycles. The van der Waals surface area contributed by atoms with Crippen LogP contribution in [0.15, 0.2) is 96.2 Å². The lowest BCUT2D eigenvalue weighted by molar-refractivity contribution is 0.302. The molecule has 1 fully saturated rings. The van der Waals surface area contributed by atoms with E-state index in [1.165, 1.54) is 11.1 Å². The fraction of sp³-hybridized carbons (Fsp3) is 0.174. The van der Waals surface area contributed by atoms with Gasteiger partial charge in [-0.15, -0.1) is 0 Å². The first-order valence-corrected chi connectivity index (χ1v) is 8.98. The molecule has 3 atom stereocenters. The van der Waals surface area contributed by atoms with Gasteiger partial charge < -0.3 is 10.5 Å². The van der Waals surface area contributed by atoms with Crippen molar-refractivity contribution in [2.75, 3.05) is 0 Å². The standard InChI is InChI=1S/C23H22N2O/c26-25-21-16-20(17-10-4-1-5-11-17)24-23(19-14-8-3-9-15-19)22(21)18-12-6-2-7-13-18/h1-15,20,22-24,26H,16H2/b25-21-/t20-,22-,23+/m1/s1. The van der Waals surface area contributed by atoms with Crippen LogP contribution in [0.1, 0.15) is 41.1 Å². The lowest BCUT2D eigenvalue weighted by Gasteiger charge is -2.39. The number of piperidine rings is 1. The van der Waals surface area contributed by atoms with Gasteiger partial charge in [0.1, 0.15) is 0 Å². The molecule has 26 heavy (non-hydrogen) atoms. The third-order valence-electron chi connectivity index (χ3n) is 5.13. The largest absolute Gasteiger partial charge is 0.411 e. The summed E-state index contributed by atoms with van der Waals surface area (Å²) in [7, 11) is 0. The van der Waals surface area contributed by atoms with Crippen molar-refractivity contribution < 1.29 is 5.21 Å². The summed E-state index contributed by atoms with van der Waals surface area (Å²) in [6.07, 6.45) is 0.684. The Hall–Kier alpha value is -2.91. The molecule has 0 saturated carbocycles. The first-order chi connectivity index (χ1) is 12.9. The molecule has 3 aromatic carbocycles. The van der Waals surface area contributed by atoms with E-state index < -0.39 is 0 Å². The second-order valence-electron chi connectivity index (χ2n) is 6.70. The fourth-order valence-corrected chi connectivity index (χ4v) is 3.90. The highest BCUT2D eigenvalue weighted by Crippen LogP contribution is 2.41. The van der Waals surface area contributed by atoms with Gasteiger partial charge in [-0.1, -0.05) is 96.2 Å². The number of nitrogens with one attached hydrogen (secondary N) is 1. The molecule has 130 valence electrons. The van der Waals surface area contributed by atoms with Gasteiger partial charge in [0.25, 0.3) is 0 Å². The lowest BCUT2D eigenvalue weighted by Crippen LogP contribution is -2.41. The predicted octanol–water partition coefficient (Wildman–Crippen LogP) is 5.08. The van der Waals surface area contributed by atoms with Gasteiger partial charge in [0.05, 0.1) is 5.71 Å². The molecular weight excluding hydrogens is 320 g/mol. The monoisotopic (exact) mass is 342 g/mol. The zero-order chi connectivity index (χ0) is 17.8. The number of rotatable bonds is 3. The number of hydrogen-bond donors (Lipinski definition) is 2. The molecule has 0 amide bonds. The fourth-order valence-electron chi connectivity index (χ4n) is 3.90. The van der Waals surface area contributed by atoms with Gasteiger partial charge in [0.2, 0.25) is 0 Å². The molecule has 0 spiro atoms. The molecule has 0 aliphatic carbocycles. The van der Waals surface area contributed by atoms with E-state index in [1.807, 2.05) is 42.5 Å². The molecule has 3 nitrogen and oxygen atoms in total. The van der Waals surface area contributed by atoms with Crippen LogP contribution < -0.4 is 5.32 Å². The Labute approximate surface area is 154 Å². The minimum Gasteiger partial charge on any atom is -0.411 e. The zero-order valence-electron chi connectivity index (χ0n) is 14.5. The van der Waals surface area contributed by atoms with Gasteiger partial charge in [0, 0.05) is 24.4 Å². The maximum Gasteiger partial charge on any atom is 0.0683 e. The highest BCUT2D eigenvalue weighted by atomic mass is 16.4. The highest BCUT2D eigenvalue weighted by molar-refractivity contribution is 5.93. The summed E-state index contributed by atoms with van der Waals surface area (Å²) in [6.45, 7) is 0. The highest BCUT2D eigenvalue weighted by Gasteiger charge is 2.37. The Morgan fingerprint density at radius 3 is 1.73 bits per heavy atom. The Morgan fingerprint density at radius 2 is 1.19 bits per heavy atom. The normalized spacial score (nSPS) is 24.5. The van der Waals surface area contributed by atoms with Crippen LogP contribution in [-0.4, -0.2) is 10.9 Å². The van der Waals surface area contributed by atoms with E-state index in [2.05, 4.69) is 59.0 Å². The SMILES string of the molecule is O/N=C1/C[C@H](c2ccccc2)N[C@@H](c2ccccc2)[C@@H]1c1ccccc1. The number of oxime groups is 1. The van der Waals surface area contributed by atoms with Crippen molar-refractivity contribution in [2.24, 2.45) is 5.16 Å². The average molecular weight is 342 g/mol. The van der Waals surface area contributed by atoms with Crippen LogP contribution in [0.5, 0.6) is 0 Å². The number of nitrogens with zero attached hydrogens (tertiary/aromatic N) is 1. The molecule has 1 aliphatic heterocycles. The first-order valence-electron chi connectivity index (χ1n) is 8.98. The Bertz CT molecular complexity index is 862. The topological polar surface area (TPSA) is 44.6 Å². The summed E-state index contributed by atoms with van der Waals surface area (Å²) >= 11 is 0. The van der Waals surface area contributed by atoms with Crippen LogP contribution >= 0.6 is 0 Å². The number of benzene rings is 3. The third-order valence-corrected chi connectivity index (χ3v) is 5.13. The molecule has 0 radical (unpaired) electrons. The molecule has 1 heterocycles. The van der Waals surface area contributed by atoms with Gasteiger partial charge in [-0.05, 0) is 16.7 Å². The molecule has 0 aromatic heterocycles. The summed E-state index contributed by atoms with van der Waals surface area (Å²) in [4.78, 5) is 0. The summed E-state index contributed by atoms with van der Waals surface area (Å²) in [5.41, 5.74) is 4.38. The number of hydrogen-bond acceptors (Lipinski definition) is 3. The van der Waals surface area contributed by atoms with E-state index in [1.54, 1.807) is 0 Å². The van der Waals surface area contributed by atoms with Crippen LogP contribution in [0.3, 0.4) is 0 Å². The smallest absolute Gasteiger partial charge is 0.0683 e. The van der Waals surface area contributed by atoms with E-state index in [9.17, 15) is 5.21 Å². The maximum absolute atomic E-state index is 9.81. The van der Waals surface area contributed by atoms with Crippen molar-refractivity contribution in [1.29, 1.82) is 0 Å². The molecular formula is C23H22N2O. The summed E-state index contributed by atoms with van der Waals surface area (Å²) in [5, 5.41) is 17.4. The van der Waals surface area contributed by atoms with Crippen molar-refractivity contribution >= 4 is 5.71 Å². The molecule has 3 aromatic rings. The lowest BCUT2D eigenvalue weighted by atomic mass is 9.77. The molecule has 0 unspecified atom stereocenters.